The number of carbonyl (C=O) groups is 3. The summed E-state index contributed by atoms with van der Waals surface area (Å²) in [4.78, 5) is 45.1. The number of aromatic nitrogens is 1. The zero-order valence-corrected chi connectivity index (χ0v) is 23.9. The molecule has 1 fully saturated rings. The highest BCUT2D eigenvalue weighted by Gasteiger charge is 2.48. The number of esters is 1. The zero-order valence-electron chi connectivity index (χ0n) is 23.1. The van der Waals surface area contributed by atoms with Crippen LogP contribution in [0.25, 0.3) is 5.76 Å². The minimum absolute atomic E-state index is 0.0763. The molecular formula is C32H27FN2O6S. The van der Waals surface area contributed by atoms with Crippen LogP contribution < -0.4 is 9.64 Å². The van der Waals surface area contributed by atoms with Gasteiger partial charge in [0.25, 0.3) is 5.78 Å². The first-order chi connectivity index (χ1) is 20.2. The Bertz CT molecular complexity index is 1700. The Morgan fingerprint density at radius 2 is 1.76 bits per heavy atom. The number of ketones is 1. The number of aryl methyl sites for hydroxylation is 2. The fourth-order valence-electron chi connectivity index (χ4n) is 4.74. The molecule has 0 radical (unpaired) electrons. The second-order valence-electron chi connectivity index (χ2n) is 9.60. The van der Waals surface area contributed by atoms with Gasteiger partial charge in [0.05, 0.1) is 23.9 Å². The number of Topliss-reactive ketones (excluding diaryl/α,β-unsaturated/α-hetero) is 1. The third-order valence-corrected chi connectivity index (χ3v) is 7.92. The molecule has 1 aliphatic heterocycles. The van der Waals surface area contributed by atoms with Crippen molar-refractivity contribution in [3.8, 4) is 5.75 Å². The number of halogens is 1. The van der Waals surface area contributed by atoms with Gasteiger partial charge in [-0.05, 0) is 67.8 Å². The number of benzene rings is 3. The standard InChI is InChI=1S/C32H27FN2O6S/c1-4-40-31(39)29-19(3)34-32(42-29)35-26(21-10-12-22(33)13-11-21)25(28(37)30(35)38)27(36)24-15-14-23(16-18(24)2)41-17-20-8-6-5-7-9-20/h5-16,26,36H,4,17H2,1-3H3/b27-25+/t26-/m1/s1. The molecule has 0 unspecified atom stereocenters. The Morgan fingerprint density at radius 1 is 1.05 bits per heavy atom. The lowest BCUT2D eigenvalue weighted by Crippen LogP contribution is -2.29. The number of aliphatic hydroxyl groups is 1. The second-order valence-corrected chi connectivity index (χ2v) is 10.6. The third kappa shape index (κ3) is 5.53. The van der Waals surface area contributed by atoms with E-state index in [0.29, 0.717) is 34.7 Å². The number of carbonyl (C=O) groups excluding carboxylic acids is 3. The summed E-state index contributed by atoms with van der Waals surface area (Å²) in [5.41, 5.74) is 2.45. The van der Waals surface area contributed by atoms with E-state index in [1.807, 2.05) is 30.3 Å². The quantitative estimate of drug-likeness (QED) is 0.112. The van der Waals surface area contributed by atoms with E-state index in [-0.39, 0.29) is 22.2 Å². The van der Waals surface area contributed by atoms with E-state index in [9.17, 15) is 23.9 Å². The van der Waals surface area contributed by atoms with Crippen LogP contribution in [-0.4, -0.2) is 34.4 Å². The highest BCUT2D eigenvalue weighted by atomic mass is 32.1. The van der Waals surface area contributed by atoms with Gasteiger partial charge in [-0.3, -0.25) is 14.5 Å². The van der Waals surface area contributed by atoms with E-state index in [1.54, 1.807) is 39.0 Å². The molecule has 1 amide bonds. The molecule has 8 nitrogen and oxygen atoms in total. The smallest absolute Gasteiger partial charge is 0.350 e. The number of hydrogen-bond donors (Lipinski definition) is 1. The van der Waals surface area contributed by atoms with Gasteiger partial charge in [0.1, 0.15) is 28.8 Å². The fourth-order valence-corrected chi connectivity index (χ4v) is 5.73. The second kappa shape index (κ2) is 12.0. The molecule has 1 N–H and O–H groups in total. The van der Waals surface area contributed by atoms with Crippen molar-refractivity contribution in [3.05, 3.63) is 117 Å². The van der Waals surface area contributed by atoms with Crippen molar-refractivity contribution in [2.45, 2.75) is 33.4 Å². The average Bonchev–Trinajstić information content (AvgIpc) is 3.49. The predicted octanol–water partition coefficient (Wildman–Crippen LogP) is 6.28. The molecule has 1 atom stereocenters. The largest absolute Gasteiger partial charge is 0.507 e. The molecule has 5 rings (SSSR count). The number of anilines is 1. The lowest BCUT2D eigenvalue weighted by atomic mass is 9.94. The average molecular weight is 587 g/mol. The lowest BCUT2D eigenvalue weighted by Gasteiger charge is -2.23. The van der Waals surface area contributed by atoms with Gasteiger partial charge in [-0.15, -0.1) is 0 Å². The van der Waals surface area contributed by atoms with Gasteiger partial charge in [0.2, 0.25) is 0 Å². The summed E-state index contributed by atoms with van der Waals surface area (Å²) < 4.78 is 24.9. The Kier molecular flexibility index (Phi) is 8.17. The van der Waals surface area contributed by atoms with E-state index >= 15 is 0 Å². The van der Waals surface area contributed by atoms with Crippen molar-refractivity contribution in [2.24, 2.45) is 0 Å². The minimum Gasteiger partial charge on any atom is -0.507 e. The van der Waals surface area contributed by atoms with Gasteiger partial charge in [-0.1, -0.05) is 53.8 Å². The normalized spacial score (nSPS) is 16.1. The van der Waals surface area contributed by atoms with E-state index in [1.165, 1.54) is 24.3 Å². The predicted molar refractivity (Wildman–Crippen MR) is 156 cm³/mol. The highest BCUT2D eigenvalue weighted by Crippen LogP contribution is 2.44. The van der Waals surface area contributed by atoms with Crippen LogP contribution in [0.1, 0.15) is 50.6 Å². The SMILES string of the molecule is CCOC(=O)c1sc(N2C(=O)C(=O)/C(=C(/O)c3ccc(OCc4ccccc4)cc3C)[C@H]2c2ccc(F)cc2)nc1C. The topological polar surface area (TPSA) is 106 Å². The van der Waals surface area contributed by atoms with Crippen LogP contribution in [0.4, 0.5) is 9.52 Å². The number of hydrogen-bond acceptors (Lipinski definition) is 8. The first-order valence-electron chi connectivity index (χ1n) is 13.2. The number of rotatable bonds is 8. The fraction of sp³-hybridized carbons (Fsp3) is 0.188. The molecule has 42 heavy (non-hydrogen) atoms. The molecular weight excluding hydrogens is 559 g/mol. The van der Waals surface area contributed by atoms with E-state index in [4.69, 9.17) is 9.47 Å². The van der Waals surface area contributed by atoms with Gasteiger partial charge >= 0.3 is 11.9 Å². The molecule has 3 aromatic carbocycles. The number of thiazole rings is 1. The number of amides is 1. The molecule has 2 heterocycles. The van der Waals surface area contributed by atoms with Gasteiger partial charge < -0.3 is 14.6 Å². The molecule has 1 aliphatic rings. The first-order valence-corrected chi connectivity index (χ1v) is 14.0. The monoisotopic (exact) mass is 586 g/mol. The summed E-state index contributed by atoms with van der Waals surface area (Å²) in [6, 6.07) is 18.8. The summed E-state index contributed by atoms with van der Waals surface area (Å²) in [6.07, 6.45) is 0. The third-order valence-electron chi connectivity index (χ3n) is 6.78. The minimum atomic E-state index is -1.13. The van der Waals surface area contributed by atoms with Crippen molar-refractivity contribution in [1.82, 2.24) is 4.98 Å². The Hall–Kier alpha value is -4.83. The van der Waals surface area contributed by atoms with E-state index < -0.39 is 35.3 Å². The van der Waals surface area contributed by atoms with Crippen LogP contribution in [0.5, 0.6) is 5.75 Å². The molecule has 0 bridgehead atoms. The maximum Gasteiger partial charge on any atom is 0.350 e. The lowest BCUT2D eigenvalue weighted by molar-refractivity contribution is -0.132. The van der Waals surface area contributed by atoms with E-state index in [2.05, 4.69) is 4.98 Å². The maximum atomic E-state index is 13.9. The van der Waals surface area contributed by atoms with Crippen molar-refractivity contribution < 1.29 is 33.4 Å². The van der Waals surface area contributed by atoms with Gasteiger partial charge in [0.15, 0.2) is 5.13 Å². The van der Waals surface area contributed by atoms with Crippen LogP contribution in [0.15, 0.2) is 78.4 Å². The highest BCUT2D eigenvalue weighted by molar-refractivity contribution is 7.17. The van der Waals surface area contributed by atoms with Crippen molar-refractivity contribution in [1.29, 1.82) is 0 Å². The van der Waals surface area contributed by atoms with Crippen molar-refractivity contribution >= 4 is 39.9 Å². The number of nitrogens with zero attached hydrogens (tertiary/aromatic N) is 2. The van der Waals surface area contributed by atoms with Crippen LogP contribution >= 0.6 is 11.3 Å². The Labute approximate surface area is 245 Å². The van der Waals surface area contributed by atoms with Gasteiger partial charge in [-0.25, -0.2) is 14.2 Å². The molecule has 1 saturated heterocycles. The Morgan fingerprint density at radius 3 is 2.43 bits per heavy atom. The van der Waals surface area contributed by atoms with Gasteiger partial charge in [0, 0.05) is 5.56 Å². The number of aliphatic hydroxyl groups excluding tert-OH is 1. The summed E-state index contributed by atoms with van der Waals surface area (Å²) in [5, 5.41) is 11.6. The molecule has 1 aromatic heterocycles. The summed E-state index contributed by atoms with van der Waals surface area (Å²) in [7, 11) is 0. The first kappa shape index (κ1) is 28.7. The molecule has 0 saturated carbocycles. The molecule has 0 aliphatic carbocycles. The number of ether oxygens (including phenoxy) is 2. The zero-order chi connectivity index (χ0) is 30.0. The maximum absolute atomic E-state index is 13.9. The van der Waals surface area contributed by atoms with Gasteiger partial charge in [-0.2, -0.15) is 0 Å². The van der Waals surface area contributed by atoms with Crippen LogP contribution in [0.3, 0.4) is 0 Å². The van der Waals surface area contributed by atoms with Crippen LogP contribution in [0.2, 0.25) is 0 Å². The van der Waals surface area contributed by atoms with Crippen LogP contribution in [0, 0.1) is 19.7 Å². The van der Waals surface area contributed by atoms with E-state index in [0.717, 1.165) is 21.8 Å². The van der Waals surface area contributed by atoms with Crippen molar-refractivity contribution in [2.75, 3.05) is 11.5 Å². The summed E-state index contributed by atoms with van der Waals surface area (Å²) in [5.74, 6) is -2.80. The summed E-state index contributed by atoms with van der Waals surface area (Å²) in [6.45, 7) is 5.53. The van der Waals surface area contributed by atoms with Crippen LogP contribution in [-0.2, 0) is 20.9 Å². The molecule has 0 spiro atoms. The molecule has 10 heteroatoms. The Balaban J connectivity index is 1.57. The molecule has 4 aromatic rings. The van der Waals surface area contributed by atoms with Crippen molar-refractivity contribution in [3.63, 3.8) is 0 Å². The summed E-state index contributed by atoms with van der Waals surface area (Å²) >= 11 is 0.903. The molecule has 214 valence electrons.